The third kappa shape index (κ3) is 9.96. The molecule has 5 heteroatoms. The zero-order valence-corrected chi connectivity index (χ0v) is 11.6. The van der Waals surface area contributed by atoms with Crippen LogP contribution in [0.15, 0.2) is 10.2 Å². The van der Waals surface area contributed by atoms with Gasteiger partial charge in [-0.1, -0.05) is 6.92 Å². The van der Waals surface area contributed by atoms with Crippen LogP contribution >= 0.6 is 11.8 Å². The second-order valence-electron chi connectivity index (χ2n) is 4.60. The van der Waals surface area contributed by atoms with Gasteiger partial charge in [-0.25, -0.2) is 0 Å². The molecule has 0 amide bonds. The Bertz CT molecular complexity index is 237. The van der Waals surface area contributed by atoms with E-state index in [4.69, 9.17) is 0 Å². The molecule has 0 fully saturated rings. The number of esters is 1. The van der Waals surface area contributed by atoms with Crippen LogP contribution in [0.2, 0.25) is 0 Å². The highest BCUT2D eigenvalue weighted by molar-refractivity contribution is 7.99. The first-order valence-electron chi connectivity index (χ1n) is 5.42. The molecule has 0 N–H and O–H groups in total. The van der Waals surface area contributed by atoms with E-state index >= 15 is 0 Å². The average molecular weight is 246 g/mol. The second-order valence-corrected chi connectivity index (χ2v) is 6.15. The van der Waals surface area contributed by atoms with Crippen molar-refractivity contribution < 1.29 is 9.53 Å². The van der Waals surface area contributed by atoms with Gasteiger partial charge in [0.1, 0.15) is 0 Å². The first-order chi connectivity index (χ1) is 7.35. The minimum absolute atomic E-state index is 0.101. The lowest BCUT2D eigenvalue weighted by Crippen LogP contribution is -2.10. The first-order valence-corrected chi connectivity index (χ1v) is 6.47. The van der Waals surface area contributed by atoms with Gasteiger partial charge >= 0.3 is 5.97 Å². The zero-order valence-electron chi connectivity index (χ0n) is 10.8. The molecule has 0 rings (SSSR count). The minimum Gasteiger partial charge on any atom is -0.469 e. The normalized spacial score (nSPS) is 14.1. The molecule has 0 aromatic heterocycles. The van der Waals surface area contributed by atoms with E-state index in [1.54, 1.807) is 11.8 Å². The number of hydrogen-bond acceptors (Lipinski definition) is 5. The molecule has 0 heterocycles. The predicted octanol–water partition coefficient (Wildman–Crippen LogP) is 2.92. The van der Waals surface area contributed by atoms with E-state index in [0.717, 1.165) is 5.75 Å². The number of thioether (sulfide) groups is 1. The third-order valence-electron chi connectivity index (χ3n) is 1.65. The molecule has 0 aromatic rings. The van der Waals surface area contributed by atoms with Gasteiger partial charge in [0.25, 0.3) is 0 Å². The van der Waals surface area contributed by atoms with Crippen molar-refractivity contribution in [3.8, 4) is 0 Å². The minimum atomic E-state index is -0.156. The van der Waals surface area contributed by atoms with E-state index in [0.29, 0.717) is 18.2 Å². The molecule has 0 radical (unpaired) electrons. The Hall–Kier alpha value is -0.580. The number of rotatable bonds is 6. The number of hydrogen-bond donors (Lipinski definition) is 0. The second kappa shape index (κ2) is 7.65. The number of carbonyl (C=O) groups excluding carboxylic acids is 1. The van der Waals surface area contributed by atoms with Crippen molar-refractivity contribution in [2.24, 2.45) is 10.2 Å². The first kappa shape index (κ1) is 15.4. The molecule has 1 atom stereocenters. The molecule has 0 spiro atoms. The molecule has 0 bridgehead atoms. The lowest BCUT2D eigenvalue weighted by atomic mass is 10.1. The number of azo groups is 1. The van der Waals surface area contributed by atoms with Crippen LogP contribution < -0.4 is 0 Å². The number of ether oxygens (including phenoxy) is 1. The van der Waals surface area contributed by atoms with Crippen molar-refractivity contribution in [2.75, 3.05) is 19.4 Å². The maximum Gasteiger partial charge on any atom is 0.306 e. The summed E-state index contributed by atoms with van der Waals surface area (Å²) in [6, 6.07) is 0. The molecule has 16 heavy (non-hydrogen) atoms. The average Bonchev–Trinajstić information content (AvgIpc) is 2.15. The van der Waals surface area contributed by atoms with Crippen LogP contribution in [-0.2, 0) is 9.53 Å². The van der Waals surface area contributed by atoms with Crippen molar-refractivity contribution >= 4 is 17.7 Å². The van der Waals surface area contributed by atoms with Crippen molar-refractivity contribution in [1.29, 1.82) is 0 Å². The highest BCUT2D eigenvalue weighted by atomic mass is 32.2. The largest absolute Gasteiger partial charge is 0.469 e. The Balaban J connectivity index is 3.63. The standard InChI is InChI=1S/C11H22N2O2S/c1-9(8-12-13-11(2,3)4)16-7-6-10(14)15-5/h9H,6-8H2,1-5H3. The van der Waals surface area contributed by atoms with Crippen LogP contribution in [0, 0.1) is 0 Å². The summed E-state index contributed by atoms with van der Waals surface area (Å²) in [7, 11) is 1.41. The van der Waals surface area contributed by atoms with Crippen molar-refractivity contribution in [3.05, 3.63) is 0 Å². The van der Waals surface area contributed by atoms with Crippen molar-refractivity contribution in [2.45, 2.75) is 44.9 Å². The van der Waals surface area contributed by atoms with Gasteiger partial charge < -0.3 is 4.74 Å². The Morgan fingerprint density at radius 2 is 2.06 bits per heavy atom. The van der Waals surface area contributed by atoms with Gasteiger partial charge in [-0.05, 0) is 20.8 Å². The highest BCUT2D eigenvalue weighted by Gasteiger charge is 2.08. The van der Waals surface area contributed by atoms with Crippen LogP contribution in [0.1, 0.15) is 34.1 Å². The molecule has 0 saturated heterocycles. The van der Waals surface area contributed by atoms with E-state index in [2.05, 4.69) is 21.9 Å². The lowest BCUT2D eigenvalue weighted by Gasteiger charge is -2.11. The molecule has 0 aliphatic rings. The number of carbonyl (C=O) groups is 1. The fourth-order valence-corrected chi connectivity index (χ4v) is 1.73. The SMILES string of the molecule is COC(=O)CCSC(C)CN=NC(C)(C)C. The molecule has 94 valence electrons. The highest BCUT2D eigenvalue weighted by Crippen LogP contribution is 2.14. The summed E-state index contributed by atoms with van der Waals surface area (Å²) in [5.41, 5.74) is -0.101. The zero-order chi connectivity index (χ0) is 12.6. The quantitative estimate of drug-likeness (QED) is 0.535. The molecular weight excluding hydrogens is 224 g/mol. The van der Waals surface area contributed by atoms with Gasteiger partial charge in [-0.2, -0.15) is 22.0 Å². The molecule has 0 aromatic carbocycles. The summed E-state index contributed by atoms with van der Waals surface area (Å²) in [5.74, 6) is 0.620. The van der Waals surface area contributed by atoms with Crippen LogP contribution in [-0.4, -0.2) is 36.2 Å². The molecule has 0 aliphatic carbocycles. The predicted molar refractivity (Wildman–Crippen MR) is 68.0 cm³/mol. The van der Waals surface area contributed by atoms with Crippen LogP contribution in [0.25, 0.3) is 0 Å². The fraction of sp³-hybridized carbons (Fsp3) is 0.909. The Morgan fingerprint density at radius 3 is 2.56 bits per heavy atom. The van der Waals surface area contributed by atoms with Crippen molar-refractivity contribution in [1.82, 2.24) is 0 Å². The van der Waals surface area contributed by atoms with Crippen LogP contribution in [0.3, 0.4) is 0 Å². The fourth-order valence-electron chi connectivity index (χ4n) is 0.866. The van der Waals surface area contributed by atoms with Gasteiger partial charge in [0.15, 0.2) is 0 Å². The van der Waals surface area contributed by atoms with Gasteiger partial charge in [0, 0.05) is 11.0 Å². The Kier molecular flexibility index (Phi) is 7.38. The summed E-state index contributed by atoms with van der Waals surface area (Å²) in [5, 5.41) is 8.71. The van der Waals surface area contributed by atoms with E-state index < -0.39 is 0 Å². The van der Waals surface area contributed by atoms with Crippen LogP contribution in [0.4, 0.5) is 0 Å². The van der Waals surface area contributed by atoms with E-state index in [-0.39, 0.29) is 11.5 Å². The molecule has 4 nitrogen and oxygen atoms in total. The summed E-state index contributed by atoms with van der Waals surface area (Å²) in [6.07, 6.45) is 0.460. The van der Waals surface area contributed by atoms with Gasteiger partial charge in [-0.3, -0.25) is 4.79 Å². The third-order valence-corrected chi connectivity index (χ3v) is 2.80. The molecule has 0 aliphatic heterocycles. The monoisotopic (exact) mass is 246 g/mol. The molecule has 1 unspecified atom stereocenters. The number of methoxy groups -OCH3 is 1. The summed E-state index contributed by atoms with van der Waals surface area (Å²) >= 11 is 1.72. The maximum atomic E-state index is 10.9. The van der Waals surface area contributed by atoms with E-state index in [1.807, 2.05) is 20.8 Å². The summed E-state index contributed by atoms with van der Waals surface area (Å²) in [4.78, 5) is 10.9. The molecule has 0 saturated carbocycles. The van der Waals surface area contributed by atoms with Crippen LogP contribution in [0.5, 0.6) is 0 Å². The summed E-state index contributed by atoms with van der Waals surface area (Å²) in [6.45, 7) is 8.84. The number of nitrogens with zero attached hydrogens (tertiary/aromatic N) is 2. The lowest BCUT2D eigenvalue weighted by molar-refractivity contribution is -0.140. The van der Waals surface area contributed by atoms with Gasteiger partial charge in [0.05, 0.1) is 25.6 Å². The Morgan fingerprint density at radius 1 is 1.44 bits per heavy atom. The maximum absolute atomic E-state index is 10.9. The van der Waals surface area contributed by atoms with Crippen molar-refractivity contribution in [3.63, 3.8) is 0 Å². The smallest absolute Gasteiger partial charge is 0.306 e. The molecular formula is C11H22N2O2S. The van der Waals surface area contributed by atoms with Gasteiger partial charge in [-0.15, -0.1) is 0 Å². The van der Waals surface area contributed by atoms with E-state index in [1.165, 1.54) is 7.11 Å². The van der Waals surface area contributed by atoms with Gasteiger partial charge in [0.2, 0.25) is 0 Å². The topological polar surface area (TPSA) is 51.0 Å². The van der Waals surface area contributed by atoms with E-state index in [9.17, 15) is 4.79 Å². The Labute approximate surface area is 102 Å². The summed E-state index contributed by atoms with van der Waals surface area (Å²) < 4.78 is 4.56.